The monoisotopic (exact) mass is 367 g/mol. The van der Waals surface area contributed by atoms with Gasteiger partial charge in [-0.1, -0.05) is 0 Å². The molecule has 1 N–H and O–H groups in total. The summed E-state index contributed by atoms with van der Waals surface area (Å²) < 4.78 is 42.3. The molecule has 9 heteroatoms. The minimum absolute atomic E-state index is 0.0310. The van der Waals surface area contributed by atoms with Gasteiger partial charge in [0.1, 0.15) is 27.6 Å². The summed E-state index contributed by atoms with van der Waals surface area (Å²) in [5.74, 6) is 0.318. The lowest BCUT2D eigenvalue weighted by atomic mass is 10.3. The van der Waals surface area contributed by atoms with Gasteiger partial charge in [-0.15, -0.1) is 11.3 Å². The number of carbonyl (C=O) groups is 1. The van der Waals surface area contributed by atoms with Gasteiger partial charge in [-0.2, -0.15) is 0 Å². The number of hydrogen-bond donors (Lipinski definition) is 1. The number of carbonyl (C=O) groups excluding carboxylic acids is 1. The van der Waals surface area contributed by atoms with Gasteiger partial charge in [-0.3, -0.25) is 0 Å². The van der Waals surface area contributed by atoms with Crippen molar-refractivity contribution >= 4 is 27.3 Å². The third kappa shape index (κ3) is 3.28. The van der Waals surface area contributed by atoms with Crippen molar-refractivity contribution in [2.24, 2.45) is 0 Å². The molecule has 0 amide bonds. The van der Waals surface area contributed by atoms with Crippen molar-refractivity contribution < 1.29 is 26.8 Å². The number of esters is 1. The number of ether oxygens (including phenoxy) is 1. The summed E-state index contributed by atoms with van der Waals surface area (Å²) in [5, 5.41) is 1.52. The molecule has 24 heavy (non-hydrogen) atoms. The zero-order valence-electron chi connectivity index (χ0n) is 12.5. The molecule has 3 heterocycles. The number of hydrogen-bond acceptors (Lipinski definition) is 7. The van der Waals surface area contributed by atoms with Crippen LogP contribution in [0.15, 0.2) is 55.9 Å². The van der Waals surface area contributed by atoms with E-state index in [4.69, 9.17) is 8.83 Å². The van der Waals surface area contributed by atoms with Crippen LogP contribution in [-0.4, -0.2) is 21.5 Å². The highest BCUT2D eigenvalue weighted by atomic mass is 32.2. The Hall–Kier alpha value is -2.36. The second kappa shape index (κ2) is 6.63. The zero-order chi connectivity index (χ0) is 17.2. The number of rotatable bonds is 6. The molecule has 0 aliphatic rings. The fraction of sp³-hybridized carbons (Fsp3) is 0.133. The lowest BCUT2D eigenvalue weighted by Gasteiger charge is -2.05. The van der Waals surface area contributed by atoms with Gasteiger partial charge in [-0.05, 0) is 29.6 Å². The maximum absolute atomic E-state index is 12.4. The smallest absolute Gasteiger partial charge is 0.349 e. The van der Waals surface area contributed by atoms with E-state index in [1.54, 1.807) is 18.2 Å². The van der Waals surface area contributed by atoms with Crippen molar-refractivity contribution in [2.75, 3.05) is 7.11 Å². The number of thiophene rings is 1. The largest absolute Gasteiger partial charge is 0.472 e. The molecular weight excluding hydrogens is 354 g/mol. The maximum atomic E-state index is 12.4. The van der Waals surface area contributed by atoms with Crippen molar-refractivity contribution in [3.05, 3.63) is 52.8 Å². The van der Waals surface area contributed by atoms with E-state index in [0.29, 0.717) is 11.5 Å². The van der Waals surface area contributed by atoms with Gasteiger partial charge in [0.25, 0.3) is 0 Å². The lowest BCUT2D eigenvalue weighted by molar-refractivity contribution is 0.0602. The first-order valence-corrected chi connectivity index (χ1v) is 9.14. The van der Waals surface area contributed by atoms with Crippen molar-refractivity contribution in [3.8, 4) is 11.3 Å². The molecule has 0 aliphatic heterocycles. The lowest BCUT2D eigenvalue weighted by Crippen LogP contribution is -2.24. The van der Waals surface area contributed by atoms with Crippen molar-refractivity contribution in [2.45, 2.75) is 11.4 Å². The van der Waals surface area contributed by atoms with Crippen LogP contribution in [0.3, 0.4) is 0 Å². The molecule has 0 radical (unpaired) electrons. The first-order chi connectivity index (χ1) is 11.5. The summed E-state index contributed by atoms with van der Waals surface area (Å²) in [7, 11) is -2.66. The Labute approximate surface area is 141 Å². The molecule has 0 fully saturated rings. The standard InChI is InChI=1S/C15H13NO6S2/c1-20-15(17)14-13(5-7-23-14)24(18,19)16-8-11-2-3-12(22-11)10-4-6-21-9-10/h2-7,9,16H,8H2,1H3. The van der Waals surface area contributed by atoms with E-state index in [1.165, 1.54) is 31.1 Å². The van der Waals surface area contributed by atoms with Crippen LogP contribution in [-0.2, 0) is 21.3 Å². The second-order valence-corrected chi connectivity index (χ2v) is 7.36. The highest BCUT2D eigenvalue weighted by Crippen LogP contribution is 2.24. The minimum Gasteiger partial charge on any atom is -0.472 e. The van der Waals surface area contributed by atoms with Crippen LogP contribution < -0.4 is 4.72 Å². The van der Waals surface area contributed by atoms with Gasteiger partial charge in [0.2, 0.25) is 10.0 Å². The quantitative estimate of drug-likeness (QED) is 0.673. The molecule has 3 rings (SSSR count). The number of nitrogens with one attached hydrogen (secondary N) is 1. The number of sulfonamides is 1. The Morgan fingerprint density at radius 1 is 1.29 bits per heavy atom. The Morgan fingerprint density at radius 2 is 2.12 bits per heavy atom. The van der Waals surface area contributed by atoms with Crippen LogP contribution in [0.2, 0.25) is 0 Å². The van der Waals surface area contributed by atoms with Gasteiger partial charge < -0.3 is 13.6 Å². The van der Waals surface area contributed by atoms with Gasteiger partial charge in [0.15, 0.2) is 0 Å². The Morgan fingerprint density at radius 3 is 2.83 bits per heavy atom. The minimum atomic E-state index is -3.86. The predicted molar refractivity (Wildman–Crippen MR) is 86.1 cm³/mol. The number of methoxy groups -OCH3 is 1. The Kier molecular flexibility index (Phi) is 4.56. The zero-order valence-corrected chi connectivity index (χ0v) is 14.1. The van der Waals surface area contributed by atoms with Crippen LogP contribution in [0.5, 0.6) is 0 Å². The summed E-state index contributed by atoms with van der Waals surface area (Å²) in [5.41, 5.74) is 0.759. The SMILES string of the molecule is COC(=O)c1sccc1S(=O)(=O)NCc1ccc(-c2ccoc2)o1. The molecule has 0 atom stereocenters. The summed E-state index contributed by atoms with van der Waals surface area (Å²) in [6.45, 7) is -0.0450. The molecule has 0 unspecified atom stereocenters. The molecule has 3 aromatic rings. The van der Waals surface area contributed by atoms with E-state index in [9.17, 15) is 13.2 Å². The van der Waals surface area contributed by atoms with Gasteiger partial charge in [0, 0.05) is 0 Å². The Bertz CT molecular complexity index is 936. The van der Waals surface area contributed by atoms with Crippen molar-refractivity contribution in [1.29, 1.82) is 0 Å². The molecule has 0 bridgehead atoms. The van der Waals surface area contributed by atoms with Crippen molar-refractivity contribution in [1.82, 2.24) is 4.72 Å². The highest BCUT2D eigenvalue weighted by Gasteiger charge is 2.24. The fourth-order valence-electron chi connectivity index (χ4n) is 2.03. The third-order valence-corrected chi connectivity index (χ3v) is 5.66. The normalized spacial score (nSPS) is 11.5. The second-order valence-electron chi connectivity index (χ2n) is 4.71. The molecule has 0 aromatic carbocycles. The van der Waals surface area contributed by atoms with Crippen LogP contribution in [0.1, 0.15) is 15.4 Å². The fourth-order valence-corrected chi connectivity index (χ4v) is 4.35. The summed E-state index contributed by atoms with van der Waals surface area (Å²) in [4.78, 5) is 11.5. The van der Waals surface area contributed by atoms with Gasteiger partial charge >= 0.3 is 5.97 Å². The molecule has 7 nitrogen and oxygen atoms in total. The molecule has 0 saturated carbocycles. The van der Waals surface area contributed by atoms with Crippen LogP contribution >= 0.6 is 11.3 Å². The molecule has 0 saturated heterocycles. The van der Waals surface area contributed by atoms with Crippen LogP contribution in [0, 0.1) is 0 Å². The van der Waals surface area contributed by atoms with E-state index < -0.39 is 16.0 Å². The van der Waals surface area contributed by atoms with Crippen molar-refractivity contribution in [3.63, 3.8) is 0 Å². The maximum Gasteiger partial charge on any atom is 0.349 e. The predicted octanol–water partition coefficient (Wildman–Crippen LogP) is 2.87. The highest BCUT2D eigenvalue weighted by molar-refractivity contribution is 7.89. The third-order valence-electron chi connectivity index (χ3n) is 3.19. The first kappa shape index (κ1) is 16.5. The van der Waals surface area contributed by atoms with Gasteiger partial charge in [0.05, 0.1) is 25.5 Å². The van der Waals surface area contributed by atoms with E-state index in [1.807, 2.05) is 0 Å². The summed E-state index contributed by atoms with van der Waals surface area (Å²) >= 11 is 1.01. The van der Waals surface area contributed by atoms with E-state index >= 15 is 0 Å². The molecule has 0 spiro atoms. The van der Waals surface area contributed by atoms with Gasteiger partial charge in [-0.25, -0.2) is 17.9 Å². The van der Waals surface area contributed by atoms with Crippen LogP contribution in [0.4, 0.5) is 0 Å². The van der Waals surface area contributed by atoms with Crippen LogP contribution in [0.25, 0.3) is 11.3 Å². The molecule has 126 valence electrons. The first-order valence-electron chi connectivity index (χ1n) is 6.78. The summed E-state index contributed by atoms with van der Waals surface area (Å²) in [6, 6.07) is 6.48. The number of furan rings is 2. The average molecular weight is 367 g/mol. The molecule has 3 aromatic heterocycles. The van der Waals surface area contributed by atoms with E-state index in [2.05, 4.69) is 9.46 Å². The molecular formula is C15H13NO6S2. The summed E-state index contributed by atoms with van der Waals surface area (Å²) in [6.07, 6.45) is 3.05. The average Bonchev–Trinajstić information content (AvgIpc) is 3.32. The molecule has 0 aliphatic carbocycles. The topological polar surface area (TPSA) is 98.8 Å². The van der Waals surface area contributed by atoms with E-state index in [-0.39, 0.29) is 16.3 Å². The van der Waals surface area contributed by atoms with E-state index in [0.717, 1.165) is 16.9 Å². The Balaban J connectivity index is 1.74.